The molecular weight excluding hydrogens is 136 g/mol. The van der Waals surface area contributed by atoms with Gasteiger partial charge in [-0.25, -0.2) is 0 Å². The Labute approximate surface area is 69.5 Å². The van der Waals surface area contributed by atoms with E-state index in [1.165, 1.54) is 32.1 Å². The summed E-state index contributed by atoms with van der Waals surface area (Å²) in [4.78, 5) is 0. The standard InChI is InChI=1S/C9H20N2/c1-11-8-9(7-10)5-3-2-4-6-9/h11H,2-8,10H2,1H3. The lowest BCUT2D eigenvalue weighted by molar-refractivity contribution is 0.196. The zero-order valence-corrected chi connectivity index (χ0v) is 7.53. The molecule has 0 radical (unpaired) electrons. The largest absolute Gasteiger partial charge is 0.330 e. The van der Waals surface area contributed by atoms with Gasteiger partial charge in [0.1, 0.15) is 0 Å². The molecule has 0 spiro atoms. The van der Waals surface area contributed by atoms with Gasteiger partial charge in [-0.1, -0.05) is 19.3 Å². The predicted octanol–water partition coefficient (Wildman–Crippen LogP) is 1.11. The molecule has 2 heteroatoms. The molecule has 0 aromatic carbocycles. The van der Waals surface area contributed by atoms with Crippen molar-refractivity contribution < 1.29 is 0 Å². The molecule has 2 nitrogen and oxygen atoms in total. The van der Waals surface area contributed by atoms with Crippen LogP contribution in [0.25, 0.3) is 0 Å². The van der Waals surface area contributed by atoms with Crippen LogP contribution < -0.4 is 11.1 Å². The minimum Gasteiger partial charge on any atom is -0.330 e. The minimum atomic E-state index is 0.438. The summed E-state index contributed by atoms with van der Waals surface area (Å²) in [5, 5.41) is 3.25. The average molecular weight is 156 g/mol. The molecule has 66 valence electrons. The van der Waals surface area contributed by atoms with Gasteiger partial charge in [-0.15, -0.1) is 0 Å². The number of hydrogen-bond donors (Lipinski definition) is 2. The molecule has 0 aromatic rings. The summed E-state index contributed by atoms with van der Waals surface area (Å²) in [6.07, 6.45) is 6.80. The molecule has 1 fully saturated rings. The van der Waals surface area contributed by atoms with Gasteiger partial charge in [-0.05, 0) is 31.8 Å². The third-order valence-corrected chi connectivity index (χ3v) is 2.90. The molecule has 11 heavy (non-hydrogen) atoms. The molecule has 0 aliphatic heterocycles. The van der Waals surface area contributed by atoms with Crippen molar-refractivity contribution in [3.63, 3.8) is 0 Å². The van der Waals surface area contributed by atoms with Crippen LogP contribution in [0, 0.1) is 5.41 Å². The van der Waals surface area contributed by atoms with Crippen LogP contribution in [0.2, 0.25) is 0 Å². The van der Waals surface area contributed by atoms with Crippen molar-refractivity contribution in [1.29, 1.82) is 0 Å². The van der Waals surface area contributed by atoms with Gasteiger partial charge in [-0.2, -0.15) is 0 Å². The number of nitrogens with two attached hydrogens (primary N) is 1. The SMILES string of the molecule is CNCC1(CN)CCCCC1. The van der Waals surface area contributed by atoms with Gasteiger partial charge < -0.3 is 11.1 Å². The molecule has 0 aromatic heterocycles. The molecule has 1 aliphatic rings. The molecule has 3 N–H and O–H groups in total. The summed E-state index contributed by atoms with van der Waals surface area (Å²) in [5.74, 6) is 0. The topological polar surface area (TPSA) is 38.0 Å². The zero-order chi connectivity index (χ0) is 8.16. The van der Waals surface area contributed by atoms with Gasteiger partial charge in [0, 0.05) is 6.54 Å². The average Bonchev–Trinajstić information content (AvgIpc) is 2.07. The molecular formula is C9H20N2. The molecule has 1 saturated carbocycles. The van der Waals surface area contributed by atoms with Crippen LogP contribution in [0.1, 0.15) is 32.1 Å². The number of hydrogen-bond acceptors (Lipinski definition) is 2. The van der Waals surface area contributed by atoms with Crippen molar-refractivity contribution in [1.82, 2.24) is 5.32 Å². The van der Waals surface area contributed by atoms with Gasteiger partial charge in [-0.3, -0.25) is 0 Å². The smallest absolute Gasteiger partial charge is 0.00169 e. The lowest BCUT2D eigenvalue weighted by Crippen LogP contribution is -2.40. The van der Waals surface area contributed by atoms with Crippen molar-refractivity contribution in [2.45, 2.75) is 32.1 Å². The normalized spacial score (nSPS) is 23.5. The van der Waals surface area contributed by atoms with Crippen LogP contribution in [-0.2, 0) is 0 Å². The molecule has 0 saturated heterocycles. The molecule has 1 rings (SSSR count). The lowest BCUT2D eigenvalue weighted by atomic mass is 9.74. The Hall–Kier alpha value is -0.0800. The Kier molecular flexibility index (Phi) is 3.34. The van der Waals surface area contributed by atoms with Crippen LogP contribution in [0.3, 0.4) is 0 Å². The van der Waals surface area contributed by atoms with Gasteiger partial charge in [0.2, 0.25) is 0 Å². The number of rotatable bonds is 3. The first-order chi connectivity index (χ1) is 5.33. The Morgan fingerprint density at radius 3 is 2.36 bits per heavy atom. The van der Waals surface area contributed by atoms with E-state index < -0.39 is 0 Å². The fourth-order valence-electron chi connectivity index (χ4n) is 2.13. The molecule has 1 aliphatic carbocycles. The van der Waals surface area contributed by atoms with Crippen LogP contribution in [0.15, 0.2) is 0 Å². The van der Waals surface area contributed by atoms with Crippen LogP contribution in [0.5, 0.6) is 0 Å². The van der Waals surface area contributed by atoms with E-state index in [1.54, 1.807) is 0 Å². The van der Waals surface area contributed by atoms with Crippen molar-refractivity contribution in [2.24, 2.45) is 11.1 Å². The highest BCUT2D eigenvalue weighted by Crippen LogP contribution is 2.34. The zero-order valence-electron chi connectivity index (χ0n) is 7.53. The third kappa shape index (κ3) is 2.17. The monoisotopic (exact) mass is 156 g/mol. The highest BCUT2D eigenvalue weighted by Gasteiger charge is 2.29. The van der Waals surface area contributed by atoms with Crippen molar-refractivity contribution in [3.05, 3.63) is 0 Å². The van der Waals surface area contributed by atoms with E-state index in [0.29, 0.717) is 5.41 Å². The van der Waals surface area contributed by atoms with E-state index >= 15 is 0 Å². The van der Waals surface area contributed by atoms with Crippen LogP contribution in [-0.4, -0.2) is 20.1 Å². The summed E-state index contributed by atoms with van der Waals surface area (Å²) in [6.45, 7) is 1.96. The van der Waals surface area contributed by atoms with E-state index in [9.17, 15) is 0 Å². The summed E-state index contributed by atoms with van der Waals surface area (Å²) < 4.78 is 0. The van der Waals surface area contributed by atoms with Crippen LogP contribution >= 0.6 is 0 Å². The highest BCUT2D eigenvalue weighted by molar-refractivity contribution is 4.85. The van der Waals surface area contributed by atoms with E-state index in [4.69, 9.17) is 5.73 Å². The maximum atomic E-state index is 5.78. The van der Waals surface area contributed by atoms with Gasteiger partial charge in [0.15, 0.2) is 0 Å². The van der Waals surface area contributed by atoms with Crippen LogP contribution in [0.4, 0.5) is 0 Å². The Morgan fingerprint density at radius 1 is 1.27 bits per heavy atom. The molecule has 0 heterocycles. The fourth-order valence-corrected chi connectivity index (χ4v) is 2.13. The molecule has 0 bridgehead atoms. The fraction of sp³-hybridized carbons (Fsp3) is 1.00. The van der Waals surface area contributed by atoms with Gasteiger partial charge >= 0.3 is 0 Å². The summed E-state index contributed by atoms with van der Waals surface area (Å²) >= 11 is 0. The second-order valence-electron chi connectivity index (χ2n) is 3.80. The maximum absolute atomic E-state index is 5.78. The van der Waals surface area contributed by atoms with Gasteiger partial charge in [0.25, 0.3) is 0 Å². The maximum Gasteiger partial charge on any atom is 0.00169 e. The second-order valence-corrected chi connectivity index (χ2v) is 3.80. The quantitative estimate of drug-likeness (QED) is 0.642. The summed E-state index contributed by atoms with van der Waals surface area (Å²) in [5.41, 5.74) is 6.22. The second kappa shape index (κ2) is 4.07. The minimum absolute atomic E-state index is 0.438. The number of nitrogens with one attached hydrogen (secondary N) is 1. The first-order valence-electron chi connectivity index (χ1n) is 4.68. The van der Waals surface area contributed by atoms with E-state index in [1.807, 2.05) is 7.05 Å². The Bertz CT molecular complexity index is 101. The first-order valence-corrected chi connectivity index (χ1v) is 4.68. The molecule has 0 amide bonds. The van der Waals surface area contributed by atoms with Crippen molar-refractivity contribution >= 4 is 0 Å². The van der Waals surface area contributed by atoms with E-state index in [-0.39, 0.29) is 0 Å². The van der Waals surface area contributed by atoms with E-state index in [0.717, 1.165) is 13.1 Å². The molecule has 0 unspecified atom stereocenters. The highest BCUT2D eigenvalue weighted by atomic mass is 14.8. The first kappa shape index (κ1) is 9.01. The Morgan fingerprint density at radius 2 is 1.91 bits per heavy atom. The van der Waals surface area contributed by atoms with Gasteiger partial charge in [0.05, 0.1) is 0 Å². The summed E-state index contributed by atoms with van der Waals surface area (Å²) in [6, 6.07) is 0. The Balaban J connectivity index is 2.42. The summed E-state index contributed by atoms with van der Waals surface area (Å²) in [7, 11) is 2.02. The lowest BCUT2D eigenvalue weighted by Gasteiger charge is -2.36. The molecule has 0 atom stereocenters. The predicted molar refractivity (Wildman–Crippen MR) is 48.5 cm³/mol. The van der Waals surface area contributed by atoms with Crippen molar-refractivity contribution in [3.8, 4) is 0 Å². The van der Waals surface area contributed by atoms with E-state index in [2.05, 4.69) is 5.32 Å². The third-order valence-electron chi connectivity index (χ3n) is 2.90. The van der Waals surface area contributed by atoms with Crippen molar-refractivity contribution in [2.75, 3.05) is 20.1 Å².